The van der Waals surface area contributed by atoms with Gasteiger partial charge in [0.2, 0.25) is 0 Å². The highest BCUT2D eigenvalue weighted by atomic mass is 35.5. The van der Waals surface area contributed by atoms with Gasteiger partial charge in [-0.1, -0.05) is 86.5 Å². The Morgan fingerprint density at radius 3 is 2.38 bits per heavy atom. The molecule has 0 spiro atoms. The van der Waals surface area contributed by atoms with Crippen LogP contribution in [-0.2, 0) is 11.3 Å². The van der Waals surface area contributed by atoms with Crippen molar-refractivity contribution in [2.45, 2.75) is 51.0 Å². The van der Waals surface area contributed by atoms with Crippen molar-refractivity contribution in [2.24, 2.45) is 0 Å². The third kappa shape index (κ3) is 8.23. The van der Waals surface area contributed by atoms with Gasteiger partial charge in [-0.25, -0.2) is 0 Å². The Morgan fingerprint density at radius 1 is 0.950 bits per heavy atom. The topological polar surface area (TPSA) is 52.7 Å². The van der Waals surface area contributed by atoms with Gasteiger partial charge in [0, 0.05) is 28.6 Å². The second-order valence-electron chi connectivity index (χ2n) is 10.0. The van der Waals surface area contributed by atoms with Crippen molar-refractivity contribution in [3.05, 3.63) is 99.4 Å². The van der Waals surface area contributed by atoms with Crippen LogP contribution in [0.4, 0.5) is 5.69 Å². The molecule has 0 unspecified atom stereocenters. The van der Waals surface area contributed by atoms with E-state index in [0.29, 0.717) is 28.6 Å². The number of carbonyl (C=O) groups is 2. The minimum absolute atomic E-state index is 0.0544. The first-order valence-electron chi connectivity index (χ1n) is 14.1. The van der Waals surface area contributed by atoms with E-state index in [2.05, 4.69) is 24.1 Å². The maximum Gasteiger partial charge on any atom is 0.265 e. The lowest BCUT2D eigenvalue weighted by atomic mass is 10.1. The lowest BCUT2D eigenvalue weighted by molar-refractivity contribution is -0.114. The number of para-hydroxylation sites is 1. The van der Waals surface area contributed by atoms with Gasteiger partial charge < -0.3 is 15.1 Å². The normalized spacial score (nSPS) is 14.1. The van der Waals surface area contributed by atoms with Gasteiger partial charge in [-0.3, -0.25) is 9.59 Å². The zero-order chi connectivity index (χ0) is 28.3. The number of carbonyl (C=O) groups excluding carboxylic acids is 2. The highest BCUT2D eigenvalue weighted by Gasteiger charge is 2.29. The van der Waals surface area contributed by atoms with Gasteiger partial charge in [-0.05, 0) is 79.5 Å². The molecule has 7 heteroatoms. The number of anilines is 1. The summed E-state index contributed by atoms with van der Waals surface area (Å²) in [5, 5.41) is 3.71. The van der Waals surface area contributed by atoms with Gasteiger partial charge in [0.1, 0.15) is 0 Å². The molecular formula is C33H38ClN3O2S. The summed E-state index contributed by atoms with van der Waals surface area (Å²) in [7, 11) is 0. The van der Waals surface area contributed by atoms with Crippen molar-refractivity contribution in [2.75, 3.05) is 31.1 Å². The van der Waals surface area contributed by atoms with Crippen LogP contribution in [0.1, 0.15) is 61.0 Å². The molecule has 5 nitrogen and oxygen atoms in total. The number of nitrogens with one attached hydrogen (secondary N) is 1. The fraction of sp³-hybridized carbons (Fsp3) is 0.333. The van der Waals surface area contributed by atoms with Crippen molar-refractivity contribution in [1.29, 1.82) is 0 Å². The van der Waals surface area contributed by atoms with E-state index in [1.54, 1.807) is 4.90 Å². The SMILES string of the molecule is CCCCN(CCCC)CCNC(=O)c1ccc(/C=C2\Sc3ccccc3N(Cc3cccc(Cl)c3)C2=O)cc1. The molecule has 210 valence electrons. The molecule has 0 fully saturated rings. The van der Waals surface area contributed by atoms with E-state index in [-0.39, 0.29) is 11.8 Å². The molecule has 40 heavy (non-hydrogen) atoms. The summed E-state index contributed by atoms with van der Waals surface area (Å²) < 4.78 is 0. The van der Waals surface area contributed by atoms with Gasteiger partial charge in [0.05, 0.1) is 17.1 Å². The van der Waals surface area contributed by atoms with Gasteiger partial charge in [-0.15, -0.1) is 0 Å². The van der Waals surface area contributed by atoms with Crippen molar-refractivity contribution < 1.29 is 9.59 Å². The predicted molar refractivity (Wildman–Crippen MR) is 168 cm³/mol. The summed E-state index contributed by atoms with van der Waals surface area (Å²) in [5.41, 5.74) is 3.35. The molecule has 2 amide bonds. The molecule has 0 radical (unpaired) electrons. The van der Waals surface area contributed by atoms with Crippen LogP contribution in [0.5, 0.6) is 0 Å². The molecule has 0 saturated heterocycles. The number of hydrogen-bond donors (Lipinski definition) is 1. The third-order valence-corrected chi connectivity index (χ3v) is 8.21. The number of benzene rings is 3. The van der Waals surface area contributed by atoms with Crippen LogP contribution in [0.15, 0.2) is 82.6 Å². The number of unbranched alkanes of at least 4 members (excludes halogenated alkanes) is 2. The van der Waals surface area contributed by atoms with E-state index < -0.39 is 0 Å². The van der Waals surface area contributed by atoms with E-state index >= 15 is 0 Å². The molecule has 1 aliphatic rings. The number of rotatable bonds is 13. The maximum atomic E-state index is 13.6. The minimum Gasteiger partial charge on any atom is -0.351 e. The summed E-state index contributed by atoms with van der Waals surface area (Å²) >= 11 is 7.67. The van der Waals surface area contributed by atoms with Crippen molar-refractivity contribution in [1.82, 2.24) is 10.2 Å². The highest BCUT2D eigenvalue weighted by Crippen LogP contribution is 2.42. The molecular weight excluding hydrogens is 538 g/mol. The first kappa shape index (κ1) is 29.9. The van der Waals surface area contributed by atoms with Gasteiger partial charge in [-0.2, -0.15) is 0 Å². The van der Waals surface area contributed by atoms with Crippen LogP contribution >= 0.6 is 23.4 Å². The molecule has 0 atom stereocenters. The summed E-state index contributed by atoms with van der Waals surface area (Å²) in [4.78, 5) is 32.3. The average Bonchev–Trinajstić information content (AvgIpc) is 2.96. The minimum atomic E-state index is -0.0742. The smallest absolute Gasteiger partial charge is 0.265 e. The zero-order valence-electron chi connectivity index (χ0n) is 23.4. The Kier molecular flexibility index (Phi) is 11.3. The molecule has 1 N–H and O–H groups in total. The Hall–Kier alpha value is -3.06. The summed E-state index contributed by atoms with van der Waals surface area (Å²) in [6, 6.07) is 23.0. The molecule has 0 saturated carbocycles. The highest BCUT2D eigenvalue weighted by molar-refractivity contribution is 8.04. The summed E-state index contributed by atoms with van der Waals surface area (Å²) in [5.74, 6) is -0.129. The second kappa shape index (κ2) is 15.1. The Bertz CT molecular complexity index is 1320. The van der Waals surface area contributed by atoms with Crippen LogP contribution < -0.4 is 10.2 Å². The van der Waals surface area contributed by atoms with Gasteiger partial charge >= 0.3 is 0 Å². The second-order valence-corrected chi connectivity index (χ2v) is 11.5. The van der Waals surface area contributed by atoms with Crippen LogP contribution in [0, 0.1) is 0 Å². The van der Waals surface area contributed by atoms with Crippen LogP contribution in [0.3, 0.4) is 0 Å². The number of halogens is 1. The first-order valence-corrected chi connectivity index (χ1v) is 15.3. The molecule has 1 heterocycles. The monoisotopic (exact) mass is 575 g/mol. The molecule has 0 aliphatic carbocycles. The maximum absolute atomic E-state index is 13.6. The first-order chi connectivity index (χ1) is 19.5. The fourth-order valence-electron chi connectivity index (χ4n) is 4.65. The van der Waals surface area contributed by atoms with Crippen LogP contribution in [0.25, 0.3) is 6.08 Å². The lowest BCUT2D eigenvalue weighted by Crippen LogP contribution is -2.36. The van der Waals surface area contributed by atoms with Crippen molar-refractivity contribution in [3.63, 3.8) is 0 Å². The third-order valence-electron chi connectivity index (χ3n) is 6.90. The van der Waals surface area contributed by atoms with Crippen molar-refractivity contribution in [3.8, 4) is 0 Å². The van der Waals surface area contributed by atoms with Crippen LogP contribution in [-0.4, -0.2) is 42.9 Å². The number of fused-ring (bicyclic) bond motifs is 1. The number of nitrogens with zero attached hydrogens (tertiary/aromatic N) is 2. The van der Waals surface area contributed by atoms with E-state index in [1.807, 2.05) is 78.9 Å². The quantitative estimate of drug-likeness (QED) is 0.213. The molecule has 1 aliphatic heterocycles. The molecule has 3 aromatic rings. The standard InChI is InChI=1S/C33H38ClN3O2S/c1-3-5-19-36(20-6-4-2)21-18-35-32(38)27-16-14-25(15-17-27)23-31-33(39)37(24-26-10-9-11-28(34)22-26)29-12-7-8-13-30(29)40-31/h7-17,22-23H,3-6,18-21,24H2,1-2H3,(H,35,38)/b31-23-. The number of amides is 2. The summed E-state index contributed by atoms with van der Waals surface area (Å²) in [6.45, 7) is 8.49. The molecule has 0 aromatic heterocycles. The summed E-state index contributed by atoms with van der Waals surface area (Å²) in [6.07, 6.45) is 6.61. The predicted octanol–water partition coefficient (Wildman–Crippen LogP) is 7.65. The van der Waals surface area contributed by atoms with Gasteiger partial charge in [0.15, 0.2) is 0 Å². The zero-order valence-corrected chi connectivity index (χ0v) is 24.9. The number of hydrogen-bond acceptors (Lipinski definition) is 4. The largest absolute Gasteiger partial charge is 0.351 e. The fourth-order valence-corrected chi connectivity index (χ4v) is 5.92. The number of thioether (sulfide) groups is 1. The molecule has 4 rings (SSSR count). The van der Waals surface area contributed by atoms with E-state index in [1.165, 1.54) is 37.4 Å². The lowest BCUT2D eigenvalue weighted by Gasteiger charge is -2.30. The van der Waals surface area contributed by atoms with Crippen molar-refractivity contribution >= 4 is 46.9 Å². The van der Waals surface area contributed by atoms with E-state index in [0.717, 1.165) is 41.3 Å². The molecule has 0 bridgehead atoms. The Labute approximate surface area is 247 Å². The Balaban J connectivity index is 1.42. The Morgan fingerprint density at radius 2 is 1.68 bits per heavy atom. The average molecular weight is 576 g/mol. The molecule has 3 aromatic carbocycles. The van der Waals surface area contributed by atoms with Crippen LogP contribution in [0.2, 0.25) is 5.02 Å². The van der Waals surface area contributed by atoms with Gasteiger partial charge in [0.25, 0.3) is 11.8 Å². The van der Waals surface area contributed by atoms with E-state index in [9.17, 15) is 9.59 Å². The van der Waals surface area contributed by atoms with E-state index in [4.69, 9.17) is 11.6 Å².